The quantitative estimate of drug-likeness (QED) is 0.748. The van der Waals surface area contributed by atoms with Gasteiger partial charge in [0.1, 0.15) is 0 Å². The minimum atomic E-state index is 0.420. The second kappa shape index (κ2) is 2.75. The lowest BCUT2D eigenvalue weighted by atomic mass is 10.2. The molecule has 0 aliphatic carbocycles. The number of hydrogen-bond acceptors (Lipinski definition) is 2. The predicted octanol–water partition coefficient (Wildman–Crippen LogP) is 3.68. The van der Waals surface area contributed by atoms with Gasteiger partial charge in [-0.3, -0.25) is 0 Å². The molecule has 0 spiro atoms. The molecule has 1 aromatic heterocycles. The highest BCUT2D eigenvalue weighted by Crippen LogP contribution is 2.36. The third-order valence-electron chi connectivity index (χ3n) is 1.87. The first-order valence-corrected chi connectivity index (χ1v) is 5.17. The van der Waals surface area contributed by atoms with E-state index in [2.05, 4.69) is 15.9 Å². The molecule has 1 N–H and O–H groups in total. The Bertz CT molecular complexity index is 433. The number of rotatable bonds is 0. The van der Waals surface area contributed by atoms with E-state index in [1.54, 1.807) is 0 Å². The van der Waals surface area contributed by atoms with Crippen molar-refractivity contribution >= 4 is 37.4 Å². The van der Waals surface area contributed by atoms with Crippen molar-refractivity contribution in [3.63, 3.8) is 0 Å². The second-order valence-corrected chi connectivity index (χ2v) is 4.62. The number of hydrogen-bond donors (Lipinski definition) is 1. The topological polar surface area (TPSA) is 20.2 Å². The molecule has 0 aliphatic heterocycles. The van der Waals surface area contributed by atoms with E-state index < -0.39 is 0 Å². The van der Waals surface area contributed by atoms with Crippen LogP contribution in [0.25, 0.3) is 10.1 Å². The molecule has 0 saturated heterocycles. The molecule has 0 atom stereocenters. The maximum absolute atomic E-state index is 9.44. The van der Waals surface area contributed by atoms with Crippen LogP contribution < -0.4 is 0 Å². The van der Waals surface area contributed by atoms with E-state index in [4.69, 9.17) is 0 Å². The molecule has 0 unspecified atom stereocenters. The highest BCUT2D eigenvalue weighted by atomic mass is 79.9. The molecule has 2 aromatic rings. The Morgan fingerprint density at radius 3 is 2.92 bits per heavy atom. The average molecular weight is 243 g/mol. The zero-order valence-electron chi connectivity index (χ0n) is 6.47. The molecule has 0 radical (unpaired) electrons. The van der Waals surface area contributed by atoms with Gasteiger partial charge in [0.05, 0.1) is 0 Å². The van der Waals surface area contributed by atoms with E-state index in [1.165, 1.54) is 11.3 Å². The van der Waals surface area contributed by atoms with Crippen molar-refractivity contribution in [2.45, 2.75) is 6.92 Å². The Labute approximate surface area is 82.8 Å². The number of halogens is 1. The van der Waals surface area contributed by atoms with Crippen LogP contribution in [0.2, 0.25) is 0 Å². The molecule has 3 heteroatoms. The lowest BCUT2D eigenvalue weighted by Gasteiger charge is -1.91. The zero-order valence-corrected chi connectivity index (χ0v) is 8.87. The Morgan fingerprint density at radius 1 is 1.42 bits per heavy atom. The SMILES string of the molecule is Cc1c(O)sc2ccc(Br)cc12. The summed E-state index contributed by atoms with van der Waals surface area (Å²) >= 11 is 4.82. The van der Waals surface area contributed by atoms with E-state index in [0.717, 1.165) is 20.1 Å². The summed E-state index contributed by atoms with van der Waals surface area (Å²) < 4.78 is 2.18. The van der Waals surface area contributed by atoms with E-state index in [-0.39, 0.29) is 0 Å². The number of thiophene rings is 1. The van der Waals surface area contributed by atoms with Crippen molar-refractivity contribution in [1.29, 1.82) is 0 Å². The van der Waals surface area contributed by atoms with Gasteiger partial charge in [0.25, 0.3) is 0 Å². The lowest BCUT2D eigenvalue weighted by Crippen LogP contribution is -1.68. The maximum atomic E-state index is 9.44. The Hall–Kier alpha value is -0.540. The van der Waals surface area contributed by atoms with Crippen LogP contribution in [0.3, 0.4) is 0 Å². The molecule has 12 heavy (non-hydrogen) atoms. The summed E-state index contributed by atoms with van der Waals surface area (Å²) in [5.74, 6) is 0. The molecular weight excluding hydrogens is 236 g/mol. The van der Waals surface area contributed by atoms with Gasteiger partial charge < -0.3 is 5.11 Å². The molecule has 1 heterocycles. The summed E-state index contributed by atoms with van der Waals surface area (Å²) in [6.07, 6.45) is 0. The monoisotopic (exact) mass is 242 g/mol. The van der Waals surface area contributed by atoms with Crippen LogP contribution in [0.4, 0.5) is 0 Å². The standard InChI is InChI=1S/C9H7BrOS/c1-5-7-4-6(10)2-3-8(7)12-9(5)11/h2-4,11H,1H3. The minimum Gasteiger partial charge on any atom is -0.499 e. The van der Waals surface area contributed by atoms with Crippen LogP contribution in [0.15, 0.2) is 22.7 Å². The highest BCUT2D eigenvalue weighted by molar-refractivity contribution is 9.10. The van der Waals surface area contributed by atoms with Gasteiger partial charge in [-0.1, -0.05) is 27.3 Å². The van der Waals surface area contributed by atoms with Crippen molar-refractivity contribution in [2.75, 3.05) is 0 Å². The van der Waals surface area contributed by atoms with E-state index >= 15 is 0 Å². The van der Waals surface area contributed by atoms with Crippen LogP contribution in [0, 0.1) is 6.92 Å². The van der Waals surface area contributed by atoms with E-state index in [1.807, 2.05) is 25.1 Å². The first-order chi connectivity index (χ1) is 5.68. The van der Waals surface area contributed by atoms with Crippen molar-refractivity contribution in [3.8, 4) is 5.06 Å². The summed E-state index contributed by atoms with van der Waals surface area (Å²) in [7, 11) is 0. The summed E-state index contributed by atoms with van der Waals surface area (Å²) in [5, 5.41) is 11.0. The van der Waals surface area contributed by atoms with Crippen LogP contribution in [-0.4, -0.2) is 5.11 Å². The van der Waals surface area contributed by atoms with Gasteiger partial charge >= 0.3 is 0 Å². The number of aromatic hydroxyl groups is 1. The zero-order chi connectivity index (χ0) is 8.72. The van der Waals surface area contributed by atoms with Crippen molar-refractivity contribution in [2.24, 2.45) is 0 Å². The van der Waals surface area contributed by atoms with Gasteiger partial charge in [0.2, 0.25) is 0 Å². The summed E-state index contributed by atoms with van der Waals surface area (Å²) in [6, 6.07) is 6.02. The van der Waals surface area contributed by atoms with Crippen LogP contribution >= 0.6 is 27.3 Å². The normalized spacial score (nSPS) is 10.8. The molecule has 0 amide bonds. The fourth-order valence-electron chi connectivity index (χ4n) is 1.18. The van der Waals surface area contributed by atoms with Gasteiger partial charge in [-0.05, 0) is 25.1 Å². The molecular formula is C9H7BrOS. The van der Waals surface area contributed by atoms with Crippen LogP contribution in [0.1, 0.15) is 5.56 Å². The lowest BCUT2D eigenvalue weighted by molar-refractivity contribution is 0.487. The first kappa shape index (κ1) is 8.08. The Kier molecular flexibility index (Phi) is 1.85. The maximum Gasteiger partial charge on any atom is 0.175 e. The van der Waals surface area contributed by atoms with Crippen molar-refractivity contribution in [1.82, 2.24) is 0 Å². The van der Waals surface area contributed by atoms with Crippen LogP contribution in [-0.2, 0) is 0 Å². The minimum absolute atomic E-state index is 0.420. The average Bonchev–Trinajstić information content (AvgIpc) is 2.31. The number of aryl methyl sites for hydroxylation is 1. The van der Waals surface area contributed by atoms with Gasteiger partial charge in [-0.25, -0.2) is 0 Å². The first-order valence-electron chi connectivity index (χ1n) is 3.56. The molecule has 0 saturated carbocycles. The van der Waals surface area contributed by atoms with Gasteiger partial charge in [-0.2, -0.15) is 0 Å². The Balaban J connectivity index is 2.88. The molecule has 1 nitrogen and oxygen atoms in total. The molecule has 2 rings (SSSR count). The smallest absolute Gasteiger partial charge is 0.175 e. The summed E-state index contributed by atoms with van der Waals surface area (Å²) in [6.45, 7) is 1.93. The third-order valence-corrected chi connectivity index (χ3v) is 3.44. The van der Waals surface area contributed by atoms with Crippen molar-refractivity contribution < 1.29 is 5.11 Å². The second-order valence-electron chi connectivity index (χ2n) is 2.67. The fourth-order valence-corrected chi connectivity index (χ4v) is 2.47. The largest absolute Gasteiger partial charge is 0.499 e. The molecule has 0 aliphatic rings. The Morgan fingerprint density at radius 2 is 2.17 bits per heavy atom. The molecule has 62 valence electrons. The van der Waals surface area contributed by atoms with E-state index in [9.17, 15) is 5.11 Å². The summed E-state index contributed by atoms with van der Waals surface area (Å²) in [5.41, 5.74) is 0.969. The van der Waals surface area contributed by atoms with E-state index in [0.29, 0.717) is 5.06 Å². The van der Waals surface area contributed by atoms with Crippen molar-refractivity contribution in [3.05, 3.63) is 28.2 Å². The molecule has 0 fully saturated rings. The number of fused-ring (bicyclic) bond motifs is 1. The predicted molar refractivity (Wildman–Crippen MR) is 55.9 cm³/mol. The fraction of sp³-hybridized carbons (Fsp3) is 0.111. The highest BCUT2D eigenvalue weighted by Gasteiger charge is 2.06. The summed E-state index contributed by atoms with van der Waals surface area (Å²) in [4.78, 5) is 0. The van der Waals surface area contributed by atoms with Crippen LogP contribution in [0.5, 0.6) is 5.06 Å². The van der Waals surface area contributed by atoms with Gasteiger partial charge in [0.15, 0.2) is 5.06 Å². The van der Waals surface area contributed by atoms with Gasteiger partial charge in [-0.15, -0.1) is 0 Å². The number of benzene rings is 1. The molecule has 1 aromatic carbocycles. The third kappa shape index (κ3) is 1.13. The van der Waals surface area contributed by atoms with Gasteiger partial charge in [0, 0.05) is 20.1 Å². The molecule has 0 bridgehead atoms.